The first-order valence-corrected chi connectivity index (χ1v) is 12.0. The maximum atomic E-state index is 13.3. The number of aryl methyl sites for hydroxylation is 3. The predicted octanol–water partition coefficient (Wildman–Crippen LogP) is 3.97. The van der Waals surface area contributed by atoms with E-state index in [1.807, 2.05) is 19.1 Å². The van der Waals surface area contributed by atoms with E-state index in [0.717, 1.165) is 41.5 Å². The number of rotatable bonds is 5. The third kappa shape index (κ3) is 3.18. The molecular formula is C22H22N4O2S2. The summed E-state index contributed by atoms with van der Waals surface area (Å²) < 4.78 is 3.37. The lowest BCUT2D eigenvalue weighted by atomic mass is 10.2. The molecule has 5 rings (SSSR count). The third-order valence-corrected chi connectivity index (χ3v) is 7.72. The molecule has 8 heteroatoms. The van der Waals surface area contributed by atoms with E-state index < -0.39 is 0 Å². The Labute approximate surface area is 181 Å². The summed E-state index contributed by atoms with van der Waals surface area (Å²) in [5.41, 5.74) is 3.52. The van der Waals surface area contributed by atoms with Crippen molar-refractivity contribution in [3.8, 4) is 0 Å². The smallest absolute Gasteiger partial charge is 0.263 e. The molecule has 0 bridgehead atoms. The number of thiophene rings is 1. The zero-order chi connectivity index (χ0) is 20.8. The summed E-state index contributed by atoms with van der Waals surface area (Å²) >= 11 is 3.14. The zero-order valence-electron chi connectivity index (χ0n) is 17.0. The van der Waals surface area contributed by atoms with Gasteiger partial charge in [0.25, 0.3) is 11.1 Å². The van der Waals surface area contributed by atoms with Gasteiger partial charge in [-0.25, -0.2) is 9.97 Å². The van der Waals surface area contributed by atoms with Gasteiger partial charge in [-0.05, 0) is 49.8 Å². The average Bonchev–Trinajstić information content (AvgIpc) is 3.30. The predicted molar refractivity (Wildman–Crippen MR) is 122 cm³/mol. The maximum Gasteiger partial charge on any atom is 0.263 e. The summed E-state index contributed by atoms with van der Waals surface area (Å²) in [6, 6.07) is 5.36. The Morgan fingerprint density at radius 1 is 1.23 bits per heavy atom. The van der Waals surface area contributed by atoms with Crippen LogP contribution in [0.4, 0.5) is 0 Å². The maximum absolute atomic E-state index is 13.3. The topological polar surface area (TPSA) is 69.3 Å². The van der Waals surface area contributed by atoms with Crippen molar-refractivity contribution in [1.82, 2.24) is 18.9 Å². The van der Waals surface area contributed by atoms with Crippen molar-refractivity contribution < 1.29 is 0 Å². The van der Waals surface area contributed by atoms with E-state index in [9.17, 15) is 9.59 Å². The van der Waals surface area contributed by atoms with Gasteiger partial charge in [-0.2, -0.15) is 0 Å². The molecule has 0 saturated heterocycles. The van der Waals surface area contributed by atoms with Crippen LogP contribution in [0.2, 0.25) is 0 Å². The highest BCUT2D eigenvalue weighted by Crippen LogP contribution is 2.35. The Balaban J connectivity index is 1.55. The second-order valence-corrected chi connectivity index (χ2v) is 9.67. The summed E-state index contributed by atoms with van der Waals surface area (Å²) in [5.74, 6) is 0.493. The minimum atomic E-state index is -0.0941. The Kier molecular flexibility index (Phi) is 4.99. The Morgan fingerprint density at radius 2 is 2.10 bits per heavy atom. The van der Waals surface area contributed by atoms with Gasteiger partial charge in [0.2, 0.25) is 0 Å². The van der Waals surface area contributed by atoms with E-state index in [2.05, 4.69) is 11.9 Å². The molecule has 0 spiro atoms. The normalized spacial score (nSPS) is 13.4. The highest BCUT2D eigenvalue weighted by molar-refractivity contribution is 7.98. The van der Waals surface area contributed by atoms with Gasteiger partial charge in [-0.3, -0.25) is 18.6 Å². The lowest BCUT2D eigenvalue weighted by Gasteiger charge is -2.11. The van der Waals surface area contributed by atoms with E-state index in [1.54, 1.807) is 32.6 Å². The van der Waals surface area contributed by atoms with Gasteiger partial charge in [0, 0.05) is 29.4 Å². The van der Waals surface area contributed by atoms with Crippen LogP contribution < -0.4 is 11.1 Å². The van der Waals surface area contributed by atoms with Gasteiger partial charge < -0.3 is 0 Å². The van der Waals surface area contributed by atoms with Crippen molar-refractivity contribution in [2.24, 2.45) is 0 Å². The van der Waals surface area contributed by atoms with Crippen LogP contribution in [-0.4, -0.2) is 18.9 Å². The fourth-order valence-corrected chi connectivity index (χ4v) is 6.33. The molecule has 154 valence electrons. The second-order valence-electron chi connectivity index (χ2n) is 7.65. The van der Waals surface area contributed by atoms with Gasteiger partial charge in [0.15, 0.2) is 5.16 Å². The number of nitrogens with zero attached hydrogens (tertiary/aromatic N) is 4. The zero-order valence-corrected chi connectivity index (χ0v) is 18.6. The molecule has 0 amide bonds. The molecule has 6 nitrogen and oxygen atoms in total. The molecule has 1 aliphatic rings. The van der Waals surface area contributed by atoms with Crippen molar-refractivity contribution in [3.05, 3.63) is 66.8 Å². The number of thioether (sulfide) groups is 1. The molecule has 0 saturated carbocycles. The first kappa shape index (κ1) is 19.5. The lowest BCUT2D eigenvalue weighted by Crippen LogP contribution is -2.23. The van der Waals surface area contributed by atoms with Gasteiger partial charge in [0.1, 0.15) is 10.5 Å². The molecule has 0 radical (unpaired) electrons. The number of aromatic nitrogens is 4. The van der Waals surface area contributed by atoms with Crippen LogP contribution >= 0.6 is 23.1 Å². The summed E-state index contributed by atoms with van der Waals surface area (Å²) in [7, 11) is 0. The number of hydrogen-bond donors (Lipinski definition) is 0. The van der Waals surface area contributed by atoms with E-state index in [-0.39, 0.29) is 11.1 Å². The Morgan fingerprint density at radius 3 is 2.93 bits per heavy atom. The molecule has 4 aromatic rings. The Bertz CT molecular complexity index is 1400. The van der Waals surface area contributed by atoms with Crippen LogP contribution in [0.1, 0.15) is 41.5 Å². The van der Waals surface area contributed by atoms with E-state index in [4.69, 9.17) is 4.98 Å². The van der Waals surface area contributed by atoms with Crippen LogP contribution in [0.15, 0.2) is 39.1 Å². The fraction of sp³-hybridized carbons (Fsp3) is 0.364. The third-order valence-electron chi connectivity index (χ3n) is 5.53. The van der Waals surface area contributed by atoms with Crippen LogP contribution in [-0.2, 0) is 25.1 Å². The molecule has 0 N–H and O–H groups in total. The van der Waals surface area contributed by atoms with Crippen molar-refractivity contribution in [1.29, 1.82) is 0 Å². The first-order chi connectivity index (χ1) is 14.6. The first-order valence-electron chi connectivity index (χ1n) is 10.2. The van der Waals surface area contributed by atoms with Crippen molar-refractivity contribution in [2.75, 3.05) is 0 Å². The SMILES string of the molecule is CCCn1c(SCc2cc(=O)n3cccc(C)c3n2)nc2sc3c(c2c1=O)CCC3. The summed E-state index contributed by atoms with van der Waals surface area (Å²) in [4.78, 5) is 37.5. The summed E-state index contributed by atoms with van der Waals surface area (Å²) in [5, 5.41) is 1.53. The molecule has 30 heavy (non-hydrogen) atoms. The molecule has 0 aliphatic heterocycles. The lowest BCUT2D eigenvalue weighted by molar-refractivity contribution is 0.585. The van der Waals surface area contributed by atoms with Gasteiger partial charge in [0.05, 0.1) is 11.1 Å². The van der Waals surface area contributed by atoms with Crippen LogP contribution in [0.3, 0.4) is 0 Å². The van der Waals surface area contributed by atoms with Gasteiger partial charge in [-0.15, -0.1) is 11.3 Å². The van der Waals surface area contributed by atoms with E-state index in [1.165, 1.54) is 22.2 Å². The molecule has 1 aliphatic carbocycles. The molecule has 0 atom stereocenters. The van der Waals surface area contributed by atoms with E-state index >= 15 is 0 Å². The van der Waals surface area contributed by atoms with Crippen LogP contribution in [0.5, 0.6) is 0 Å². The quantitative estimate of drug-likeness (QED) is 0.348. The van der Waals surface area contributed by atoms with Crippen LogP contribution in [0.25, 0.3) is 15.9 Å². The number of pyridine rings is 1. The molecule has 0 unspecified atom stereocenters. The molecule has 4 heterocycles. The summed E-state index contributed by atoms with van der Waals surface area (Å²) in [6.45, 7) is 4.66. The minimum Gasteiger partial charge on any atom is -0.287 e. The van der Waals surface area contributed by atoms with Crippen molar-refractivity contribution in [2.45, 2.75) is 57.0 Å². The number of fused-ring (bicyclic) bond motifs is 4. The minimum absolute atomic E-state index is 0.0751. The standard InChI is InChI=1S/C22H22N4O2S2/c1-3-9-26-21(28)18-15-7-4-8-16(15)30-20(18)24-22(26)29-12-14-11-17(27)25-10-5-6-13(2)19(25)23-14/h5-6,10-11H,3-4,7-9,12H2,1-2H3. The van der Waals surface area contributed by atoms with Gasteiger partial charge >= 0.3 is 0 Å². The fourth-order valence-electron chi connectivity index (χ4n) is 4.11. The second kappa shape index (κ2) is 7.67. The Hall–Kier alpha value is -2.45. The average molecular weight is 439 g/mol. The molecule has 0 fully saturated rings. The van der Waals surface area contributed by atoms with E-state index in [0.29, 0.717) is 28.8 Å². The number of hydrogen-bond acceptors (Lipinski definition) is 6. The molecular weight excluding hydrogens is 416 g/mol. The highest BCUT2D eigenvalue weighted by Gasteiger charge is 2.23. The van der Waals surface area contributed by atoms with Crippen molar-refractivity contribution in [3.63, 3.8) is 0 Å². The monoisotopic (exact) mass is 438 g/mol. The summed E-state index contributed by atoms with van der Waals surface area (Å²) in [6.07, 6.45) is 5.76. The van der Waals surface area contributed by atoms with Crippen molar-refractivity contribution >= 4 is 39.0 Å². The van der Waals surface area contributed by atoms with Crippen LogP contribution in [0, 0.1) is 6.92 Å². The largest absolute Gasteiger partial charge is 0.287 e. The molecule has 4 aromatic heterocycles. The highest BCUT2D eigenvalue weighted by atomic mass is 32.2. The van der Waals surface area contributed by atoms with Gasteiger partial charge in [-0.1, -0.05) is 24.8 Å². The molecule has 0 aromatic carbocycles.